The molecule has 0 N–H and O–H groups in total. The second-order valence-corrected chi connectivity index (χ2v) is 5.68. The van der Waals surface area contributed by atoms with Crippen molar-refractivity contribution in [3.8, 4) is 0 Å². The van der Waals surface area contributed by atoms with Crippen LogP contribution in [0.15, 0.2) is 24.3 Å². The van der Waals surface area contributed by atoms with Gasteiger partial charge in [-0.3, -0.25) is 4.90 Å². The van der Waals surface area contributed by atoms with Crippen molar-refractivity contribution in [2.24, 2.45) is 0 Å². The van der Waals surface area contributed by atoms with Gasteiger partial charge in [0.2, 0.25) is 0 Å². The summed E-state index contributed by atoms with van der Waals surface area (Å²) in [6, 6.07) is 5.34. The van der Waals surface area contributed by atoms with E-state index in [2.05, 4.69) is 9.80 Å². The quantitative estimate of drug-likeness (QED) is 0.799. The zero-order valence-electron chi connectivity index (χ0n) is 14.7. The molecule has 3 nitrogen and oxygen atoms in total. The Kier molecular flexibility index (Phi) is 8.25. The molecular weight excluding hydrogens is 317 g/mol. The highest BCUT2D eigenvalue weighted by Crippen LogP contribution is 2.30. The molecule has 0 radical (unpaired) electrons. The number of hydrogen-bond donors (Lipinski definition) is 0. The Morgan fingerprint density at radius 2 is 1.58 bits per heavy atom. The van der Waals surface area contributed by atoms with Crippen molar-refractivity contribution in [1.29, 1.82) is 0 Å². The van der Waals surface area contributed by atoms with Crippen LogP contribution in [-0.4, -0.2) is 43.4 Å². The molecule has 0 aliphatic carbocycles. The number of halogens is 3. The van der Waals surface area contributed by atoms with E-state index in [1.807, 2.05) is 13.8 Å². The molecule has 0 aromatic heterocycles. The van der Waals surface area contributed by atoms with Crippen molar-refractivity contribution in [1.82, 2.24) is 4.90 Å². The Hall–Kier alpha value is -1.56. The normalized spacial score (nSPS) is 15.7. The van der Waals surface area contributed by atoms with E-state index in [0.717, 1.165) is 57.0 Å². The van der Waals surface area contributed by atoms with Crippen molar-refractivity contribution in [2.75, 3.05) is 37.6 Å². The SMILES string of the molecule is CC.CC(=O)CCCN1CCN(c2ccc(C(F)(F)F)cc2)CC1. The van der Waals surface area contributed by atoms with Crippen LogP contribution >= 0.6 is 0 Å². The third-order valence-electron chi connectivity index (χ3n) is 3.94. The van der Waals surface area contributed by atoms with Crippen molar-refractivity contribution in [2.45, 2.75) is 39.8 Å². The first-order valence-corrected chi connectivity index (χ1v) is 8.50. The van der Waals surface area contributed by atoms with E-state index in [4.69, 9.17) is 0 Å². The summed E-state index contributed by atoms with van der Waals surface area (Å²) in [6.07, 6.45) is -2.80. The van der Waals surface area contributed by atoms with Gasteiger partial charge in [0.15, 0.2) is 0 Å². The molecule has 1 saturated heterocycles. The minimum Gasteiger partial charge on any atom is -0.369 e. The summed E-state index contributed by atoms with van der Waals surface area (Å²) in [4.78, 5) is 15.3. The fourth-order valence-electron chi connectivity index (χ4n) is 2.64. The van der Waals surface area contributed by atoms with Crippen molar-refractivity contribution < 1.29 is 18.0 Å². The number of piperazine rings is 1. The van der Waals surface area contributed by atoms with Gasteiger partial charge >= 0.3 is 6.18 Å². The lowest BCUT2D eigenvalue weighted by atomic mass is 10.1. The average molecular weight is 344 g/mol. The maximum atomic E-state index is 12.5. The molecule has 2 rings (SSSR count). The van der Waals surface area contributed by atoms with Crippen molar-refractivity contribution in [3.63, 3.8) is 0 Å². The number of rotatable bonds is 5. The molecule has 136 valence electrons. The highest BCUT2D eigenvalue weighted by molar-refractivity contribution is 5.75. The number of alkyl halides is 3. The van der Waals surface area contributed by atoms with Gasteiger partial charge in [0.1, 0.15) is 5.78 Å². The van der Waals surface area contributed by atoms with Crippen LogP contribution < -0.4 is 4.90 Å². The molecule has 1 fully saturated rings. The molecule has 6 heteroatoms. The van der Waals surface area contributed by atoms with E-state index in [1.165, 1.54) is 12.1 Å². The Balaban J connectivity index is 0.00000139. The fraction of sp³-hybridized carbons (Fsp3) is 0.611. The molecule has 1 aromatic carbocycles. The Bertz CT molecular complexity index is 492. The molecule has 1 heterocycles. The molecule has 1 aliphatic rings. The third-order valence-corrected chi connectivity index (χ3v) is 3.94. The van der Waals surface area contributed by atoms with Crippen molar-refractivity contribution in [3.05, 3.63) is 29.8 Å². The summed E-state index contributed by atoms with van der Waals surface area (Å²) in [6.45, 7) is 9.84. The van der Waals surface area contributed by atoms with E-state index in [0.29, 0.717) is 6.42 Å². The summed E-state index contributed by atoms with van der Waals surface area (Å²) in [5.74, 6) is 0.211. The van der Waals surface area contributed by atoms with Crippen LogP contribution in [0, 0.1) is 0 Å². The first-order chi connectivity index (χ1) is 11.4. The van der Waals surface area contributed by atoms with Crippen LogP contribution in [0.25, 0.3) is 0 Å². The summed E-state index contributed by atoms with van der Waals surface area (Å²) >= 11 is 0. The minimum atomic E-state index is -4.28. The first kappa shape index (κ1) is 20.5. The van der Waals surface area contributed by atoms with Crippen LogP contribution in [0.4, 0.5) is 18.9 Å². The highest BCUT2D eigenvalue weighted by Gasteiger charge is 2.30. The summed E-state index contributed by atoms with van der Waals surface area (Å²) < 4.78 is 37.6. The number of carbonyl (C=O) groups is 1. The van der Waals surface area contributed by atoms with Crippen LogP contribution in [0.3, 0.4) is 0 Å². The maximum Gasteiger partial charge on any atom is 0.416 e. The Labute approximate surface area is 142 Å². The molecule has 24 heavy (non-hydrogen) atoms. The van der Waals surface area contributed by atoms with Gasteiger partial charge in [0.25, 0.3) is 0 Å². The predicted molar refractivity (Wildman–Crippen MR) is 91.4 cm³/mol. The van der Waals surface area contributed by atoms with Crippen molar-refractivity contribution >= 4 is 11.5 Å². The molecule has 1 aromatic rings. The monoisotopic (exact) mass is 344 g/mol. The topological polar surface area (TPSA) is 23.6 Å². The van der Waals surface area contributed by atoms with Gasteiger partial charge < -0.3 is 9.69 Å². The molecular formula is C18H27F3N2O. The van der Waals surface area contributed by atoms with Gasteiger partial charge in [-0.15, -0.1) is 0 Å². The number of carbonyl (C=O) groups excluding carboxylic acids is 1. The van der Waals surface area contributed by atoms with E-state index < -0.39 is 11.7 Å². The number of benzene rings is 1. The van der Waals surface area contributed by atoms with Gasteiger partial charge in [-0.2, -0.15) is 13.2 Å². The van der Waals surface area contributed by atoms with Crippen LogP contribution in [0.2, 0.25) is 0 Å². The smallest absolute Gasteiger partial charge is 0.369 e. The molecule has 0 atom stereocenters. The lowest BCUT2D eigenvalue weighted by molar-refractivity contribution is -0.137. The number of nitrogens with zero attached hydrogens (tertiary/aromatic N) is 2. The van der Waals surface area contributed by atoms with E-state index in [-0.39, 0.29) is 5.78 Å². The molecule has 0 unspecified atom stereocenters. The minimum absolute atomic E-state index is 0.211. The standard InChI is InChI=1S/C16H21F3N2O.C2H6/c1-13(22)3-2-8-20-9-11-21(12-10-20)15-6-4-14(5-7-15)16(17,18)19;1-2/h4-7H,2-3,8-12H2,1H3;1-2H3. The third kappa shape index (κ3) is 6.51. The summed E-state index contributed by atoms with van der Waals surface area (Å²) in [5.41, 5.74) is 0.218. The van der Waals surface area contributed by atoms with Gasteiger partial charge in [-0.05, 0) is 44.2 Å². The highest BCUT2D eigenvalue weighted by atomic mass is 19.4. The number of hydrogen-bond acceptors (Lipinski definition) is 3. The van der Waals surface area contributed by atoms with E-state index in [1.54, 1.807) is 6.92 Å². The number of ketones is 1. The van der Waals surface area contributed by atoms with Gasteiger partial charge in [0, 0.05) is 38.3 Å². The van der Waals surface area contributed by atoms with Crippen LogP contribution in [0.1, 0.15) is 39.2 Å². The lowest BCUT2D eigenvalue weighted by Crippen LogP contribution is -2.46. The molecule has 0 saturated carbocycles. The number of Topliss-reactive ketones (excluding diaryl/α,β-unsaturated/α-hetero) is 1. The molecule has 1 aliphatic heterocycles. The van der Waals surface area contributed by atoms with Gasteiger partial charge in [-0.1, -0.05) is 13.8 Å². The zero-order valence-corrected chi connectivity index (χ0v) is 14.7. The second-order valence-electron chi connectivity index (χ2n) is 5.68. The van der Waals surface area contributed by atoms with Crippen LogP contribution in [-0.2, 0) is 11.0 Å². The molecule has 0 amide bonds. The van der Waals surface area contributed by atoms with Gasteiger partial charge in [-0.25, -0.2) is 0 Å². The second kappa shape index (κ2) is 9.67. The molecule has 0 spiro atoms. The first-order valence-electron chi connectivity index (χ1n) is 8.50. The van der Waals surface area contributed by atoms with E-state index in [9.17, 15) is 18.0 Å². The maximum absolute atomic E-state index is 12.5. The van der Waals surface area contributed by atoms with E-state index >= 15 is 0 Å². The predicted octanol–water partition coefficient (Wildman–Crippen LogP) is 4.22. The lowest BCUT2D eigenvalue weighted by Gasteiger charge is -2.36. The molecule has 0 bridgehead atoms. The Morgan fingerprint density at radius 3 is 2.04 bits per heavy atom. The average Bonchev–Trinajstić information content (AvgIpc) is 2.56. The number of anilines is 1. The summed E-state index contributed by atoms with van der Waals surface area (Å²) in [7, 11) is 0. The Morgan fingerprint density at radius 1 is 1.04 bits per heavy atom. The largest absolute Gasteiger partial charge is 0.416 e. The fourth-order valence-corrected chi connectivity index (χ4v) is 2.64. The zero-order chi connectivity index (χ0) is 18.2. The summed E-state index contributed by atoms with van der Waals surface area (Å²) in [5, 5.41) is 0. The van der Waals surface area contributed by atoms with Crippen LogP contribution in [0.5, 0.6) is 0 Å². The van der Waals surface area contributed by atoms with Gasteiger partial charge in [0.05, 0.1) is 5.56 Å².